The molecule has 1 aromatic rings. The summed E-state index contributed by atoms with van der Waals surface area (Å²) in [6.45, 7) is 0. The summed E-state index contributed by atoms with van der Waals surface area (Å²) in [6.07, 6.45) is 7.32. The second kappa shape index (κ2) is 4.93. The highest BCUT2D eigenvalue weighted by Gasteiger charge is 1.97. The minimum Gasteiger partial charge on any atom is -0.383 e. The quantitative estimate of drug-likeness (QED) is 0.581. The topological polar surface area (TPSA) is 42.8 Å². The minimum atomic E-state index is 0.633. The first-order valence-corrected chi connectivity index (χ1v) is 4.33. The largest absolute Gasteiger partial charge is 0.383 e. The Kier molecular flexibility index (Phi) is 3.57. The highest BCUT2D eigenvalue weighted by Crippen LogP contribution is 2.10. The van der Waals surface area contributed by atoms with Gasteiger partial charge in [0, 0.05) is 20.3 Å². The molecule has 0 spiro atoms. The van der Waals surface area contributed by atoms with Gasteiger partial charge >= 0.3 is 0 Å². The van der Waals surface area contributed by atoms with Crippen LogP contribution in [-0.4, -0.2) is 24.0 Å². The van der Waals surface area contributed by atoms with Crippen LogP contribution in [0.15, 0.2) is 36.7 Å². The second-order valence-corrected chi connectivity index (χ2v) is 3.08. The van der Waals surface area contributed by atoms with Gasteiger partial charge in [0.2, 0.25) is 0 Å². The van der Waals surface area contributed by atoms with Crippen molar-refractivity contribution in [2.24, 2.45) is 0 Å². The summed E-state index contributed by atoms with van der Waals surface area (Å²) in [4.78, 5) is 4.90. The van der Waals surface area contributed by atoms with Crippen molar-refractivity contribution < 1.29 is 0 Å². The maximum Gasteiger partial charge on any atom is 0.101 e. The summed E-state index contributed by atoms with van der Waals surface area (Å²) >= 11 is 0. The molecular weight excluding hydrogens is 174 g/mol. The average Bonchev–Trinajstić information content (AvgIpc) is 2.64. The molecule has 1 N–H and O–H groups in total. The van der Waals surface area contributed by atoms with Crippen molar-refractivity contribution in [3.63, 3.8) is 0 Å². The zero-order valence-corrected chi connectivity index (χ0v) is 8.36. The second-order valence-electron chi connectivity index (χ2n) is 3.08. The Morgan fingerprint density at radius 3 is 2.86 bits per heavy atom. The van der Waals surface area contributed by atoms with Crippen LogP contribution in [0, 0.1) is 11.3 Å². The molecule has 0 aliphatic heterocycles. The fraction of sp³-hybridized carbons (Fsp3) is 0.182. The molecule has 1 heterocycles. The summed E-state index contributed by atoms with van der Waals surface area (Å²) in [7, 11) is 3.87. The van der Waals surface area contributed by atoms with E-state index < -0.39 is 0 Å². The van der Waals surface area contributed by atoms with Gasteiger partial charge in [0.1, 0.15) is 6.07 Å². The van der Waals surface area contributed by atoms with Crippen molar-refractivity contribution in [3.8, 4) is 6.07 Å². The monoisotopic (exact) mass is 187 g/mol. The summed E-state index contributed by atoms with van der Waals surface area (Å²) in [6, 6.07) is 5.88. The van der Waals surface area contributed by atoms with Crippen LogP contribution in [0.3, 0.4) is 0 Å². The normalized spacial score (nSPS) is 11.6. The van der Waals surface area contributed by atoms with Gasteiger partial charge in [0.15, 0.2) is 0 Å². The summed E-state index contributed by atoms with van der Waals surface area (Å²) in [5.41, 5.74) is 1.48. The van der Waals surface area contributed by atoms with Crippen LogP contribution in [0.25, 0.3) is 5.57 Å². The van der Waals surface area contributed by atoms with E-state index >= 15 is 0 Å². The number of hydrogen-bond donors (Lipinski definition) is 1. The third kappa shape index (κ3) is 2.83. The third-order valence-corrected chi connectivity index (χ3v) is 1.66. The van der Waals surface area contributed by atoms with Crippen molar-refractivity contribution in [1.29, 1.82) is 5.26 Å². The molecule has 3 heteroatoms. The summed E-state index contributed by atoms with van der Waals surface area (Å²) in [5.74, 6) is 0. The number of rotatable bonds is 3. The fourth-order valence-corrected chi connectivity index (χ4v) is 0.997. The van der Waals surface area contributed by atoms with Gasteiger partial charge in [-0.2, -0.15) is 5.26 Å². The Morgan fingerprint density at radius 2 is 2.36 bits per heavy atom. The van der Waals surface area contributed by atoms with E-state index in [1.165, 1.54) is 0 Å². The van der Waals surface area contributed by atoms with Crippen LogP contribution in [0.1, 0.15) is 5.69 Å². The van der Waals surface area contributed by atoms with Gasteiger partial charge in [-0.1, -0.05) is 0 Å². The lowest BCUT2D eigenvalue weighted by molar-refractivity contribution is 0.564. The van der Waals surface area contributed by atoms with Gasteiger partial charge in [-0.05, 0) is 30.5 Å². The van der Waals surface area contributed by atoms with Crippen molar-refractivity contribution in [2.75, 3.05) is 14.1 Å². The molecule has 0 unspecified atom stereocenters. The number of nitrogens with zero attached hydrogens (tertiary/aromatic N) is 2. The smallest absolute Gasteiger partial charge is 0.101 e. The number of H-pyrrole nitrogens is 1. The van der Waals surface area contributed by atoms with Gasteiger partial charge in [0.25, 0.3) is 0 Å². The van der Waals surface area contributed by atoms with E-state index in [9.17, 15) is 0 Å². The minimum absolute atomic E-state index is 0.633. The van der Waals surface area contributed by atoms with Crippen molar-refractivity contribution >= 4 is 5.57 Å². The molecule has 0 aliphatic carbocycles. The van der Waals surface area contributed by atoms with Gasteiger partial charge in [0.05, 0.1) is 11.3 Å². The number of nitriles is 1. The predicted molar refractivity (Wildman–Crippen MR) is 57.2 cm³/mol. The van der Waals surface area contributed by atoms with Crippen LogP contribution in [0.5, 0.6) is 0 Å². The molecule has 72 valence electrons. The highest BCUT2D eigenvalue weighted by molar-refractivity contribution is 5.75. The van der Waals surface area contributed by atoms with Crippen LogP contribution < -0.4 is 0 Å². The third-order valence-electron chi connectivity index (χ3n) is 1.66. The first-order valence-electron chi connectivity index (χ1n) is 4.33. The maximum atomic E-state index is 8.88. The number of nitrogens with one attached hydrogen (secondary N) is 1. The highest BCUT2D eigenvalue weighted by atomic mass is 15.0. The Bertz CT molecular complexity index is 364. The molecule has 0 saturated heterocycles. The number of hydrogen-bond acceptors (Lipinski definition) is 2. The van der Waals surface area contributed by atoms with E-state index in [0.29, 0.717) is 5.57 Å². The first kappa shape index (κ1) is 10.1. The zero-order valence-electron chi connectivity index (χ0n) is 8.36. The van der Waals surface area contributed by atoms with E-state index in [2.05, 4.69) is 11.1 Å². The Balaban J connectivity index is 2.79. The van der Waals surface area contributed by atoms with Gasteiger partial charge in [-0.3, -0.25) is 0 Å². The lowest BCUT2D eigenvalue weighted by Crippen LogP contribution is -1.99. The molecule has 1 rings (SSSR count). The summed E-state index contributed by atoms with van der Waals surface area (Å²) < 4.78 is 0. The van der Waals surface area contributed by atoms with E-state index in [-0.39, 0.29) is 0 Å². The maximum absolute atomic E-state index is 8.88. The Hall–Kier alpha value is -1.95. The van der Waals surface area contributed by atoms with Gasteiger partial charge in [-0.25, -0.2) is 0 Å². The van der Waals surface area contributed by atoms with Crippen LogP contribution in [0.2, 0.25) is 0 Å². The van der Waals surface area contributed by atoms with Crippen molar-refractivity contribution in [3.05, 3.63) is 42.4 Å². The van der Waals surface area contributed by atoms with E-state index in [1.54, 1.807) is 12.3 Å². The average molecular weight is 187 g/mol. The molecule has 3 nitrogen and oxygen atoms in total. The molecule has 0 atom stereocenters. The Labute approximate surface area is 84.0 Å². The molecule has 0 amide bonds. The number of aromatic nitrogens is 1. The van der Waals surface area contributed by atoms with Crippen molar-refractivity contribution in [2.45, 2.75) is 0 Å². The molecule has 0 aliphatic rings. The van der Waals surface area contributed by atoms with E-state index in [1.807, 2.05) is 43.4 Å². The van der Waals surface area contributed by atoms with Crippen molar-refractivity contribution in [1.82, 2.24) is 9.88 Å². The van der Waals surface area contributed by atoms with E-state index in [0.717, 1.165) is 5.69 Å². The molecule has 0 bridgehead atoms. The zero-order chi connectivity index (χ0) is 10.4. The lowest BCUT2D eigenvalue weighted by Gasteiger charge is -2.01. The first-order chi connectivity index (χ1) is 6.74. The number of allylic oxidation sites excluding steroid dienone is 3. The van der Waals surface area contributed by atoms with Gasteiger partial charge in [-0.15, -0.1) is 0 Å². The molecule has 1 aromatic heterocycles. The summed E-state index contributed by atoms with van der Waals surface area (Å²) in [5, 5.41) is 8.88. The van der Waals surface area contributed by atoms with E-state index in [4.69, 9.17) is 5.26 Å². The van der Waals surface area contributed by atoms with Crippen LogP contribution in [0.4, 0.5) is 0 Å². The lowest BCUT2D eigenvalue weighted by atomic mass is 10.2. The van der Waals surface area contributed by atoms with Crippen LogP contribution >= 0.6 is 0 Å². The molecule has 0 fully saturated rings. The molecule has 0 saturated carbocycles. The SMILES string of the molecule is CN(C)/C=C/C=C(\C#N)c1ccc[nH]1. The number of aromatic amines is 1. The van der Waals surface area contributed by atoms with Crippen LogP contribution in [-0.2, 0) is 0 Å². The molecule has 14 heavy (non-hydrogen) atoms. The molecule has 0 radical (unpaired) electrons. The molecule has 0 aromatic carbocycles. The predicted octanol–water partition coefficient (Wildman–Crippen LogP) is 2.00. The fourth-order valence-electron chi connectivity index (χ4n) is 0.997. The molecular formula is C11H13N3. The standard InChI is InChI=1S/C11H13N3/c1-14(2)8-4-5-10(9-12)11-6-3-7-13-11/h3-8,13H,1-2H3/b8-4+,10-5+. The Morgan fingerprint density at radius 1 is 1.57 bits per heavy atom. The van der Waals surface area contributed by atoms with Gasteiger partial charge < -0.3 is 9.88 Å².